The van der Waals surface area contributed by atoms with Crippen molar-refractivity contribution in [3.8, 4) is 30.3 Å². The number of amides is 1. The minimum Gasteiger partial charge on any atom is -0.416 e. The summed E-state index contributed by atoms with van der Waals surface area (Å²) in [5.41, 5.74) is 0.844. The number of carbonyl (C=O) groups is 2. The van der Waals surface area contributed by atoms with Crippen molar-refractivity contribution in [2.24, 2.45) is 0 Å². The normalized spacial score (nSPS) is 7.27. The Kier molecular flexibility index (Phi) is 29.2. The third-order valence-corrected chi connectivity index (χ3v) is 2.04. The monoisotopic (exact) mass is 408 g/mol. The molecule has 0 atom stereocenters. The molecule has 0 aromatic rings. The average molecular weight is 408 g/mol. The molecule has 1 N–H and O–H groups in total. The molecule has 0 aliphatic rings. The summed E-state index contributed by atoms with van der Waals surface area (Å²) in [6.07, 6.45) is 4.03. The second kappa shape index (κ2) is 26.6. The van der Waals surface area contributed by atoms with Crippen molar-refractivity contribution in [3.63, 3.8) is 0 Å². The van der Waals surface area contributed by atoms with Crippen LogP contribution in [0.2, 0.25) is 0 Å². The van der Waals surface area contributed by atoms with Gasteiger partial charge in [0, 0.05) is 37.5 Å². The maximum absolute atomic E-state index is 10.2. The van der Waals surface area contributed by atoms with E-state index in [1.165, 1.54) is 19.9 Å². The van der Waals surface area contributed by atoms with E-state index in [2.05, 4.69) is 29.8 Å². The Labute approximate surface area is 177 Å². The lowest BCUT2D eigenvalue weighted by molar-refractivity contribution is -0.136. The van der Waals surface area contributed by atoms with E-state index in [4.69, 9.17) is 26.3 Å². The SMILES string of the molecule is C/C=C/C#N.C=C(C#N)CCC#N.C=C(C#N)CNC(C)=O.C=C(C#N)OC(C)=O. The number of nitrogens with zero attached hydrogens (tertiary/aromatic N) is 5. The van der Waals surface area contributed by atoms with Gasteiger partial charge in [0.05, 0.1) is 30.8 Å². The molecule has 0 aromatic heterocycles. The van der Waals surface area contributed by atoms with Crippen molar-refractivity contribution in [2.45, 2.75) is 33.6 Å². The van der Waals surface area contributed by atoms with Crippen LogP contribution in [0, 0.1) is 56.7 Å². The highest BCUT2D eigenvalue weighted by molar-refractivity contribution is 5.73. The molecule has 0 saturated carbocycles. The fourth-order valence-electron chi connectivity index (χ4n) is 0.804. The molecule has 1 amide bonds. The lowest BCUT2D eigenvalue weighted by Crippen LogP contribution is -2.21. The molecule has 156 valence electrons. The molecular formula is C21H24N6O3. The van der Waals surface area contributed by atoms with E-state index < -0.39 is 5.97 Å². The van der Waals surface area contributed by atoms with Crippen molar-refractivity contribution >= 4 is 11.9 Å². The first-order chi connectivity index (χ1) is 14.1. The predicted octanol–water partition coefficient (Wildman–Crippen LogP) is 3.25. The number of esters is 1. The summed E-state index contributed by atoms with van der Waals surface area (Å²) in [4.78, 5) is 20.2. The molecule has 0 heterocycles. The highest BCUT2D eigenvalue weighted by Gasteiger charge is 1.93. The van der Waals surface area contributed by atoms with Crippen LogP contribution in [0.1, 0.15) is 33.6 Å². The Balaban J connectivity index is -0.000000153. The van der Waals surface area contributed by atoms with Gasteiger partial charge in [0.15, 0.2) is 5.76 Å². The zero-order valence-corrected chi connectivity index (χ0v) is 17.4. The number of rotatable bonds is 5. The quantitative estimate of drug-likeness (QED) is 0.409. The first-order valence-corrected chi connectivity index (χ1v) is 8.11. The summed E-state index contributed by atoms with van der Waals surface area (Å²) in [5.74, 6) is -0.833. The number of carbonyl (C=O) groups excluding carboxylic acids is 2. The molecule has 0 bridgehead atoms. The molecule has 9 heteroatoms. The molecule has 0 aromatic carbocycles. The van der Waals surface area contributed by atoms with Crippen molar-refractivity contribution < 1.29 is 14.3 Å². The molecule has 0 radical (unpaired) electrons. The summed E-state index contributed by atoms with van der Waals surface area (Å²) in [6.45, 7) is 14.5. The van der Waals surface area contributed by atoms with E-state index in [0.29, 0.717) is 24.0 Å². The van der Waals surface area contributed by atoms with Crippen LogP contribution < -0.4 is 5.32 Å². The molecule has 0 spiro atoms. The minimum atomic E-state index is -0.517. The van der Waals surface area contributed by atoms with Crippen molar-refractivity contribution in [1.82, 2.24) is 5.32 Å². The fourth-order valence-corrected chi connectivity index (χ4v) is 0.804. The number of hydrogen-bond acceptors (Lipinski definition) is 8. The van der Waals surface area contributed by atoms with Crippen molar-refractivity contribution in [1.29, 1.82) is 26.3 Å². The van der Waals surface area contributed by atoms with Gasteiger partial charge in [-0.1, -0.05) is 19.2 Å². The lowest BCUT2D eigenvalue weighted by atomic mass is 10.2. The van der Waals surface area contributed by atoms with Gasteiger partial charge >= 0.3 is 5.97 Å². The van der Waals surface area contributed by atoms with Gasteiger partial charge in [-0.15, -0.1) is 0 Å². The van der Waals surface area contributed by atoms with Gasteiger partial charge in [-0.05, 0) is 19.9 Å². The van der Waals surface area contributed by atoms with E-state index in [9.17, 15) is 9.59 Å². The number of ether oxygens (including phenoxy) is 1. The van der Waals surface area contributed by atoms with Crippen LogP contribution in [0.15, 0.2) is 48.8 Å². The molecule has 0 aliphatic carbocycles. The van der Waals surface area contributed by atoms with Crippen LogP contribution in [0.4, 0.5) is 0 Å². The van der Waals surface area contributed by atoms with Crippen molar-refractivity contribution in [2.75, 3.05) is 6.54 Å². The van der Waals surface area contributed by atoms with Crippen LogP contribution in [0.5, 0.6) is 0 Å². The second-order valence-corrected chi connectivity index (χ2v) is 4.76. The summed E-state index contributed by atoms with van der Waals surface area (Å²) >= 11 is 0. The largest absolute Gasteiger partial charge is 0.416 e. The molecule has 0 unspecified atom stereocenters. The summed E-state index contributed by atoms with van der Waals surface area (Å²) < 4.78 is 4.20. The smallest absolute Gasteiger partial charge is 0.308 e. The van der Waals surface area contributed by atoms with Crippen LogP contribution in [0.3, 0.4) is 0 Å². The van der Waals surface area contributed by atoms with E-state index >= 15 is 0 Å². The third kappa shape index (κ3) is 43.6. The molecule has 9 nitrogen and oxygen atoms in total. The molecule has 0 fully saturated rings. The number of hydrogen-bond donors (Lipinski definition) is 1. The predicted molar refractivity (Wildman–Crippen MR) is 110 cm³/mol. The molecule has 0 aliphatic heterocycles. The van der Waals surface area contributed by atoms with Crippen LogP contribution in [-0.2, 0) is 14.3 Å². The number of nitrogens with one attached hydrogen (secondary N) is 1. The van der Waals surface area contributed by atoms with E-state index in [1.807, 2.05) is 31.2 Å². The molecule has 30 heavy (non-hydrogen) atoms. The first kappa shape index (κ1) is 33.0. The summed E-state index contributed by atoms with van der Waals surface area (Å²) in [5, 5.41) is 42.4. The molecule has 0 saturated heterocycles. The molecule has 0 rings (SSSR count). The van der Waals surface area contributed by atoms with Gasteiger partial charge in [0.25, 0.3) is 0 Å². The summed E-state index contributed by atoms with van der Waals surface area (Å²) in [6, 6.07) is 8.98. The Morgan fingerprint density at radius 2 is 1.50 bits per heavy atom. The average Bonchev–Trinajstić information content (AvgIpc) is 2.71. The van der Waals surface area contributed by atoms with Crippen LogP contribution in [-0.4, -0.2) is 18.4 Å². The van der Waals surface area contributed by atoms with E-state index in [1.54, 1.807) is 12.1 Å². The van der Waals surface area contributed by atoms with Gasteiger partial charge in [-0.3, -0.25) is 9.59 Å². The van der Waals surface area contributed by atoms with Crippen LogP contribution in [0.25, 0.3) is 0 Å². The summed E-state index contributed by atoms with van der Waals surface area (Å²) in [7, 11) is 0. The van der Waals surface area contributed by atoms with Gasteiger partial charge in [0.2, 0.25) is 5.91 Å². The Hall–Kier alpha value is -4.65. The highest BCUT2D eigenvalue weighted by Crippen LogP contribution is 1.97. The zero-order chi connectivity index (χ0) is 24.4. The van der Waals surface area contributed by atoms with Gasteiger partial charge in [-0.25, -0.2) is 0 Å². The fraction of sp³-hybridized carbons (Fsp3) is 0.286. The van der Waals surface area contributed by atoms with Crippen LogP contribution >= 0.6 is 0 Å². The first-order valence-electron chi connectivity index (χ1n) is 8.11. The Bertz CT molecular complexity index is 821. The third-order valence-electron chi connectivity index (χ3n) is 2.04. The maximum atomic E-state index is 10.2. The maximum Gasteiger partial charge on any atom is 0.308 e. The second-order valence-electron chi connectivity index (χ2n) is 4.76. The lowest BCUT2D eigenvalue weighted by Gasteiger charge is -1.95. The zero-order valence-electron chi connectivity index (χ0n) is 17.4. The number of nitriles is 5. The topological polar surface area (TPSA) is 174 Å². The van der Waals surface area contributed by atoms with Crippen molar-refractivity contribution in [3.05, 3.63) is 48.8 Å². The highest BCUT2D eigenvalue weighted by atomic mass is 16.5. The Morgan fingerprint density at radius 3 is 1.73 bits per heavy atom. The van der Waals surface area contributed by atoms with E-state index in [0.717, 1.165) is 0 Å². The van der Waals surface area contributed by atoms with Gasteiger partial charge < -0.3 is 10.1 Å². The Morgan fingerprint density at radius 1 is 0.967 bits per heavy atom. The molecular weight excluding hydrogens is 384 g/mol. The van der Waals surface area contributed by atoms with Gasteiger partial charge in [-0.2, -0.15) is 26.3 Å². The minimum absolute atomic E-state index is 0.147. The number of allylic oxidation sites excluding steroid dienone is 4. The van der Waals surface area contributed by atoms with E-state index in [-0.39, 0.29) is 18.2 Å². The van der Waals surface area contributed by atoms with Gasteiger partial charge in [0.1, 0.15) is 6.07 Å². The standard InChI is InChI=1S/C6H8N2O.C6H6N2.C5H5NO2.C4H5N/c1-5(3-7)4-8-6(2)9;1-6(5-8)3-2-4-7;1-4(3-6)8-5(2)7;1-2-3-4-5/h1,4H2,2H3,(H,8,9);1-3H2;1H2,2H3;2-3H,1H3/b;;;3-2+.